The van der Waals surface area contributed by atoms with Gasteiger partial charge < -0.3 is 23.7 Å². The largest absolute Gasteiger partial charge is 0.459 e. The molecular formula is C18H29N3O5S2. The summed E-state index contributed by atoms with van der Waals surface area (Å²) in [4.78, 5) is 11.8. The summed E-state index contributed by atoms with van der Waals surface area (Å²) < 4.78 is 25.8. The van der Waals surface area contributed by atoms with Crippen LogP contribution >= 0.6 is 25.3 Å². The first-order chi connectivity index (χ1) is 13.7. The lowest BCUT2D eigenvalue weighted by Crippen LogP contribution is -2.07. The summed E-state index contributed by atoms with van der Waals surface area (Å²) in [5.41, 5.74) is 0. The maximum absolute atomic E-state index is 5.20. The SMILES string of the molecule is C=CCOc1nc(OCC=C)nc(OCC=C)n1.SCCOCCOCCS. The Kier molecular flexibility index (Phi) is 18.7. The van der Waals surface area contributed by atoms with Crippen molar-refractivity contribution in [1.82, 2.24) is 15.0 Å². The molecule has 0 saturated heterocycles. The average Bonchev–Trinajstić information content (AvgIpc) is 2.72. The molecule has 0 spiro atoms. The van der Waals surface area contributed by atoms with Crippen LogP contribution in [0.2, 0.25) is 0 Å². The molecule has 8 nitrogen and oxygen atoms in total. The number of aromatic nitrogens is 3. The van der Waals surface area contributed by atoms with Crippen molar-refractivity contribution in [1.29, 1.82) is 0 Å². The second-order valence-electron chi connectivity index (χ2n) is 4.65. The van der Waals surface area contributed by atoms with Gasteiger partial charge in [0.05, 0.1) is 26.4 Å². The predicted octanol–water partition coefficient (Wildman–Crippen LogP) is 2.45. The van der Waals surface area contributed by atoms with Gasteiger partial charge in [0.25, 0.3) is 0 Å². The second-order valence-corrected chi connectivity index (χ2v) is 5.55. The first-order valence-corrected chi connectivity index (χ1v) is 9.82. The van der Waals surface area contributed by atoms with E-state index in [0.29, 0.717) is 26.4 Å². The Morgan fingerprint density at radius 1 is 0.607 bits per heavy atom. The van der Waals surface area contributed by atoms with Gasteiger partial charge in [-0.2, -0.15) is 25.3 Å². The molecule has 0 aliphatic carbocycles. The van der Waals surface area contributed by atoms with E-state index in [2.05, 4.69) is 59.9 Å². The first-order valence-electron chi connectivity index (χ1n) is 8.56. The number of ether oxygens (including phenoxy) is 5. The van der Waals surface area contributed by atoms with Crippen LogP contribution in [0.4, 0.5) is 0 Å². The minimum absolute atomic E-state index is 0.114. The molecule has 0 radical (unpaired) electrons. The van der Waals surface area contributed by atoms with Gasteiger partial charge in [-0.25, -0.2) is 0 Å². The Morgan fingerprint density at radius 2 is 0.929 bits per heavy atom. The summed E-state index contributed by atoms with van der Waals surface area (Å²) in [6.45, 7) is 14.2. The van der Waals surface area contributed by atoms with Gasteiger partial charge in [-0.1, -0.05) is 38.0 Å². The summed E-state index contributed by atoms with van der Waals surface area (Å²) in [6.07, 6.45) is 4.75. The molecule has 0 aliphatic heterocycles. The number of nitrogens with zero attached hydrogens (tertiary/aromatic N) is 3. The van der Waals surface area contributed by atoms with Crippen LogP contribution in [0.1, 0.15) is 0 Å². The van der Waals surface area contributed by atoms with Crippen LogP contribution in [0.5, 0.6) is 18.0 Å². The molecule has 0 aliphatic rings. The van der Waals surface area contributed by atoms with Gasteiger partial charge in [0.15, 0.2) is 0 Å². The van der Waals surface area contributed by atoms with Gasteiger partial charge in [-0.15, -0.1) is 15.0 Å². The molecule has 0 amide bonds. The van der Waals surface area contributed by atoms with E-state index in [-0.39, 0.29) is 37.9 Å². The van der Waals surface area contributed by atoms with E-state index < -0.39 is 0 Å². The first kappa shape index (κ1) is 26.2. The summed E-state index contributed by atoms with van der Waals surface area (Å²) in [7, 11) is 0. The lowest BCUT2D eigenvalue weighted by molar-refractivity contribution is 0.0606. The summed E-state index contributed by atoms with van der Waals surface area (Å²) in [6, 6.07) is 0.342. The van der Waals surface area contributed by atoms with Gasteiger partial charge >= 0.3 is 18.0 Å². The lowest BCUT2D eigenvalue weighted by atomic mass is 10.7. The van der Waals surface area contributed by atoms with E-state index in [4.69, 9.17) is 23.7 Å². The molecule has 0 bridgehead atoms. The van der Waals surface area contributed by atoms with Crippen LogP contribution in [-0.2, 0) is 9.47 Å². The van der Waals surface area contributed by atoms with Crippen molar-refractivity contribution in [3.05, 3.63) is 38.0 Å². The molecule has 1 rings (SSSR count). The monoisotopic (exact) mass is 431 g/mol. The lowest BCUT2D eigenvalue weighted by Gasteiger charge is -2.07. The van der Waals surface area contributed by atoms with E-state index in [1.54, 1.807) is 18.2 Å². The van der Waals surface area contributed by atoms with Gasteiger partial charge in [0, 0.05) is 11.5 Å². The Labute approximate surface area is 177 Å². The molecule has 1 aromatic heterocycles. The van der Waals surface area contributed by atoms with Gasteiger partial charge in [-0.05, 0) is 0 Å². The molecule has 10 heteroatoms. The van der Waals surface area contributed by atoms with E-state index in [9.17, 15) is 0 Å². The number of hydrogen-bond donors (Lipinski definition) is 2. The van der Waals surface area contributed by atoms with Crippen molar-refractivity contribution >= 4 is 25.3 Å². The highest BCUT2D eigenvalue weighted by atomic mass is 32.1. The highest BCUT2D eigenvalue weighted by Gasteiger charge is 2.08. The fourth-order valence-electron chi connectivity index (χ4n) is 1.37. The number of hydrogen-bond acceptors (Lipinski definition) is 10. The third-order valence-electron chi connectivity index (χ3n) is 2.41. The quantitative estimate of drug-likeness (QED) is 0.235. The normalized spacial score (nSPS) is 9.64. The molecule has 1 heterocycles. The molecular weight excluding hydrogens is 402 g/mol. The maximum atomic E-state index is 5.20. The highest BCUT2D eigenvalue weighted by Crippen LogP contribution is 2.14. The van der Waals surface area contributed by atoms with E-state index in [0.717, 1.165) is 11.5 Å². The second kappa shape index (κ2) is 20.0. The van der Waals surface area contributed by atoms with Crippen LogP contribution in [0.3, 0.4) is 0 Å². The van der Waals surface area contributed by atoms with E-state index in [1.807, 2.05) is 0 Å². The zero-order chi connectivity index (χ0) is 20.9. The molecule has 158 valence electrons. The fraction of sp³-hybridized carbons (Fsp3) is 0.500. The number of thiol groups is 2. The van der Waals surface area contributed by atoms with Crippen LogP contribution in [0.15, 0.2) is 38.0 Å². The Morgan fingerprint density at radius 3 is 1.18 bits per heavy atom. The molecule has 0 atom stereocenters. The zero-order valence-corrected chi connectivity index (χ0v) is 17.8. The third-order valence-corrected chi connectivity index (χ3v) is 2.77. The summed E-state index contributed by atoms with van der Waals surface area (Å²) >= 11 is 7.97. The minimum Gasteiger partial charge on any atom is -0.459 e. The Bertz CT molecular complexity index is 468. The van der Waals surface area contributed by atoms with Crippen LogP contribution in [-0.4, -0.2) is 72.7 Å². The van der Waals surface area contributed by atoms with Gasteiger partial charge in [0.1, 0.15) is 19.8 Å². The average molecular weight is 432 g/mol. The Balaban J connectivity index is 0.000000621. The molecule has 1 aromatic rings. The van der Waals surface area contributed by atoms with E-state index in [1.165, 1.54) is 0 Å². The minimum atomic E-state index is 0.114. The van der Waals surface area contributed by atoms with Crippen LogP contribution in [0.25, 0.3) is 0 Å². The van der Waals surface area contributed by atoms with Crippen molar-refractivity contribution in [2.75, 3.05) is 57.8 Å². The van der Waals surface area contributed by atoms with Gasteiger partial charge in [0.2, 0.25) is 0 Å². The van der Waals surface area contributed by atoms with E-state index >= 15 is 0 Å². The molecule has 28 heavy (non-hydrogen) atoms. The third kappa shape index (κ3) is 15.3. The highest BCUT2D eigenvalue weighted by molar-refractivity contribution is 7.80. The zero-order valence-electron chi connectivity index (χ0n) is 16.0. The van der Waals surface area contributed by atoms with Crippen molar-refractivity contribution in [2.24, 2.45) is 0 Å². The Hall–Kier alpha value is -1.75. The smallest absolute Gasteiger partial charge is 0.326 e. The maximum Gasteiger partial charge on any atom is 0.326 e. The molecule has 0 aromatic carbocycles. The molecule has 0 saturated carbocycles. The summed E-state index contributed by atoms with van der Waals surface area (Å²) in [5.74, 6) is 1.54. The molecule has 0 fully saturated rings. The van der Waals surface area contributed by atoms with Crippen molar-refractivity contribution in [3.8, 4) is 18.0 Å². The standard InChI is InChI=1S/C12H15N3O3.C6H14O2S2/c1-4-7-16-10-13-11(17-8-5-2)15-12(14-10)18-9-6-3;9-5-3-7-1-2-8-4-6-10/h4-6H,1-3,7-9H2;9-10H,1-6H2. The van der Waals surface area contributed by atoms with Crippen molar-refractivity contribution < 1.29 is 23.7 Å². The van der Waals surface area contributed by atoms with Crippen molar-refractivity contribution in [2.45, 2.75) is 0 Å². The van der Waals surface area contributed by atoms with Gasteiger partial charge in [-0.3, -0.25) is 0 Å². The van der Waals surface area contributed by atoms with Crippen molar-refractivity contribution in [3.63, 3.8) is 0 Å². The molecule has 0 N–H and O–H groups in total. The fourth-order valence-corrected chi connectivity index (χ4v) is 1.62. The van der Waals surface area contributed by atoms with Crippen LogP contribution < -0.4 is 14.2 Å². The molecule has 0 unspecified atom stereocenters. The van der Waals surface area contributed by atoms with Crippen LogP contribution in [0, 0.1) is 0 Å². The predicted molar refractivity (Wildman–Crippen MR) is 116 cm³/mol. The topological polar surface area (TPSA) is 84.8 Å². The number of rotatable bonds is 16. The summed E-state index contributed by atoms with van der Waals surface area (Å²) in [5, 5.41) is 0.